The van der Waals surface area contributed by atoms with Crippen LogP contribution in [-0.2, 0) is 0 Å². The number of nitrogens with zero attached hydrogens (tertiary/aromatic N) is 2. The normalized spacial score (nSPS) is 19.1. The molecule has 20 heavy (non-hydrogen) atoms. The van der Waals surface area contributed by atoms with E-state index in [1.807, 2.05) is 31.2 Å². The molecule has 0 atom stereocenters. The van der Waals surface area contributed by atoms with Crippen molar-refractivity contribution >= 4 is 16.9 Å². The van der Waals surface area contributed by atoms with Crippen molar-refractivity contribution in [3.05, 3.63) is 30.0 Å². The number of aryl methyl sites for hydroxylation is 1. The van der Waals surface area contributed by atoms with Gasteiger partial charge in [-0.05, 0) is 50.2 Å². The summed E-state index contributed by atoms with van der Waals surface area (Å²) in [6, 6.07) is 8.60. The molecule has 0 unspecified atom stereocenters. The summed E-state index contributed by atoms with van der Waals surface area (Å²) in [7, 11) is 0. The first-order valence-corrected chi connectivity index (χ1v) is 7.53. The van der Waals surface area contributed by atoms with Crippen LogP contribution in [0.3, 0.4) is 0 Å². The SMILES string of the molecule is Cc1nc2ccccc2nc1NC1CCC(C)(C)CC1. The molecule has 3 rings (SSSR count). The van der Waals surface area contributed by atoms with Crippen LogP contribution in [-0.4, -0.2) is 16.0 Å². The van der Waals surface area contributed by atoms with Gasteiger partial charge in [-0.25, -0.2) is 9.97 Å². The van der Waals surface area contributed by atoms with Gasteiger partial charge in [-0.15, -0.1) is 0 Å². The smallest absolute Gasteiger partial charge is 0.148 e. The highest BCUT2D eigenvalue weighted by molar-refractivity contribution is 5.76. The third-order valence-electron chi connectivity index (χ3n) is 4.42. The Morgan fingerprint density at radius 3 is 2.30 bits per heavy atom. The third-order valence-corrected chi connectivity index (χ3v) is 4.42. The van der Waals surface area contributed by atoms with Gasteiger partial charge >= 0.3 is 0 Å². The average molecular weight is 269 g/mol. The molecular weight excluding hydrogens is 246 g/mol. The summed E-state index contributed by atoms with van der Waals surface area (Å²) in [4.78, 5) is 9.38. The van der Waals surface area contributed by atoms with Crippen molar-refractivity contribution in [1.82, 2.24) is 9.97 Å². The van der Waals surface area contributed by atoms with Crippen LogP contribution < -0.4 is 5.32 Å². The van der Waals surface area contributed by atoms with Gasteiger partial charge in [0.25, 0.3) is 0 Å². The molecule has 0 radical (unpaired) electrons. The van der Waals surface area contributed by atoms with E-state index in [1.165, 1.54) is 25.7 Å². The molecule has 1 aromatic carbocycles. The monoisotopic (exact) mass is 269 g/mol. The van der Waals surface area contributed by atoms with Crippen LogP contribution >= 0.6 is 0 Å². The third kappa shape index (κ3) is 2.77. The van der Waals surface area contributed by atoms with Crippen LogP contribution in [0.5, 0.6) is 0 Å². The lowest BCUT2D eigenvalue weighted by Crippen LogP contribution is -2.30. The number of nitrogens with one attached hydrogen (secondary N) is 1. The Labute approximate surface area is 120 Å². The first kappa shape index (κ1) is 13.3. The average Bonchev–Trinajstić information content (AvgIpc) is 2.42. The van der Waals surface area contributed by atoms with Gasteiger partial charge in [0.2, 0.25) is 0 Å². The van der Waals surface area contributed by atoms with E-state index in [4.69, 9.17) is 4.98 Å². The zero-order valence-electron chi connectivity index (χ0n) is 12.6. The van der Waals surface area contributed by atoms with Crippen molar-refractivity contribution in [2.75, 3.05) is 5.32 Å². The van der Waals surface area contributed by atoms with Crippen LogP contribution in [0.25, 0.3) is 11.0 Å². The van der Waals surface area contributed by atoms with E-state index in [9.17, 15) is 0 Å². The zero-order chi connectivity index (χ0) is 14.2. The standard InChI is InChI=1S/C17H23N3/c1-12-16(19-13-8-10-17(2,3)11-9-13)20-15-7-5-4-6-14(15)18-12/h4-7,13H,8-11H2,1-3H3,(H,19,20). The number of hydrogen-bond acceptors (Lipinski definition) is 3. The largest absolute Gasteiger partial charge is 0.366 e. The van der Waals surface area contributed by atoms with Gasteiger partial charge in [-0.3, -0.25) is 0 Å². The molecular formula is C17H23N3. The second-order valence-corrected chi connectivity index (χ2v) is 6.73. The van der Waals surface area contributed by atoms with Gasteiger partial charge in [0.05, 0.1) is 16.7 Å². The van der Waals surface area contributed by atoms with Gasteiger partial charge in [0, 0.05) is 6.04 Å². The zero-order valence-corrected chi connectivity index (χ0v) is 12.6. The summed E-state index contributed by atoms with van der Waals surface area (Å²) in [6.07, 6.45) is 5.01. The summed E-state index contributed by atoms with van der Waals surface area (Å²) in [5, 5.41) is 3.61. The van der Waals surface area contributed by atoms with Crippen molar-refractivity contribution < 1.29 is 0 Å². The predicted molar refractivity (Wildman–Crippen MR) is 83.9 cm³/mol. The minimum atomic E-state index is 0.502. The molecule has 0 saturated heterocycles. The summed E-state index contributed by atoms with van der Waals surface area (Å²) in [5.74, 6) is 0.952. The van der Waals surface area contributed by atoms with E-state index in [2.05, 4.69) is 24.1 Å². The van der Waals surface area contributed by atoms with E-state index < -0.39 is 0 Å². The molecule has 1 aromatic heterocycles. The molecule has 3 nitrogen and oxygen atoms in total. The van der Waals surface area contributed by atoms with E-state index >= 15 is 0 Å². The van der Waals surface area contributed by atoms with E-state index in [1.54, 1.807) is 0 Å². The Bertz CT molecular complexity index is 609. The highest BCUT2D eigenvalue weighted by Gasteiger charge is 2.27. The highest BCUT2D eigenvalue weighted by Crippen LogP contribution is 2.36. The molecule has 1 aliphatic rings. The molecule has 0 spiro atoms. The van der Waals surface area contributed by atoms with Gasteiger partial charge in [0.15, 0.2) is 0 Å². The van der Waals surface area contributed by atoms with Crippen molar-refractivity contribution in [3.63, 3.8) is 0 Å². The van der Waals surface area contributed by atoms with Gasteiger partial charge in [0.1, 0.15) is 5.82 Å². The molecule has 1 fully saturated rings. The fraction of sp³-hybridized carbons (Fsp3) is 0.529. The van der Waals surface area contributed by atoms with Crippen molar-refractivity contribution in [2.45, 2.75) is 52.5 Å². The van der Waals surface area contributed by atoms with Gasteiger partial charge in [-0.2, -0.15) is 0 Å². The molecule has 106 valence electrons. The summed E-state index contributed by atoms with van der Waals surface area (Å²) in [6.45, 7) is 6.77. The van der Waals surface area contributed by atoms with Crippen LogP contribution in [0.15, 0.2) is 24.3 Å². The molecule has 1 N–H and O–H groups in total. The topological polar surface area (TPSA) is 37.8 Å². The van der Waals surface area contributed by atoms with Crippen LogP contribution in [0, 0.1) is 12.3 Å². The number of benzene rings is 1. The number of fused-ring (bicyclic) bond motifs is 1. The Kier molecular flexibility index (Phi) is 3.36. The lowest BCUT2D eigenvalue weighted by atomic mass is 9.75. The maximum absolute atomic E-state index is 4.73. The van der Waals surface area contributed by atoms with E-state index in [0.29, 0.717) is 11.5 Å². The number of aromatic nitrogens is 2. The number of anilines is 1. The summed E-state index contributed by atoms with van der Waals surface area (Å²) >= 11 is 0. The second kappa shape index (κ2) is 5.04. The highest BCUT2D eigenvalue weighted by atomic mass is 15.0. The van der Waals surface area contributed by atoms with Crippen LogP contribution in [0.1, 0.15) is 45.2 Å². The minimum absolute atomic E-state index is 0.502. The maximum atomic E-state index is 4.73. The van der Waals surface area contributed by atoms with Crippen LogP contribution in [0.2, 0.25) is 0 Å². The Morgan fingerprint density at radius 1 is 1.05 bits per heavy atom. The molecule has 1 heterocycles. The Morgan fingerprint density at radius 2 is 1.65 bits per heavy atom. The molecule has 2 aromatic rings. The second-order valence-electron chi connectivity index (χ2n) is 6.73. The lowest BCUT2D eigenvalue weighted by Gasteiger charge is -2.35. The van der Waals surface area contributed by atoms with Gasteiger partial charge < -0.3 is 5.32 Å². The molecule has 0 bridgehead atoms. The fourth-order valence-corrected chi connectivity index (χ4v) is 2.96. The van der Waals surface area contributed by atoms with Crippen LogP contribution in [0.4, 0.5) is 5.82 Å². The number of para-hydroxylation sites is 2. The summed E-state index contributed by atoms with van der Waals surface area (Å²) < 4.78 is 0. The van der Waals surface area contributed by atoms with Crippen molar-refractivity contribution in [1.29, 1.82) is 0 Å². The first-order chi connectivity index (χ1) is 9.53. The number of hydrogen-bond donors (Lipinski definition) is 1. The molecule has 0 aliphatic heterocycles. The predicted octanol–water partition coefficient (Wildman–Crippen LogP) is 4.32. The molecule has 0 amide bonds. The molecule has 3 heteroatoms. The summed E-state index contributed by atoms with van der Waals surface area (Å²) in [5.41, 5.74) is 3.44. The molecule has 1 aliphatic carbocycles. The maximum Gasteiger partial charge on any atom is 0.148 e. The van der Waals surface area contributed by atoms with Gasteiger partial charge in [-0.1, -0.05) is 26.0 Å². The van der Waals surface area contributed by atoms with Crippen molar-refractivity contribution in [2.24, 2.45) is 5.41 Å². The number of rotatable bonds is 2. The quantitative estimate of drug-likeness (QED) is 0.882. The lowest BCUT2D eigenvalue weighted by molar-refractivity contribution is 0.232. The van der Waals surface area contributed by atoms with Crippen molar-refractivity contribution in [3.8, 4) is 0 Å². The van der Waals surface area contributed by atoms with E-state index in [-0.39, 0.29) is 0 Å². The first-order valence-electron chi connectivity index (χ1n) is 7.53. The Balaban J connectivity index is 1.79. The Hall–Kier alpha value is -1.64. The van der Waals surface area contributed by atoms with E-state index in [0.717, 1.165) is 22.5 Å². The molecule has 1 saturated carbocycles. The fourth-order valence-electron chi connectivity index (χ4n) is 2.96. The minimum Gasteiger partial charge on any atom is -0.366 e.